The summed E-state index contributed by atoms with van der Waals surface area (Å²) >= 11 is 0. The highest BCUT2D eigenvalue weighted by Gasteiger charge is 2.13. The summed E-state index contributed by atoms with van der Waals surface area (Å²) in [6.45, 7) is 4.57. The molecule has 0 bridgehead atoms. The maximum atomic E-state index is 13.8. The zero-order valence-corrected chi connectivity index (χ0v) is 12.1. The Morgan fingerprint density at radius 3 is 2.81 bits per heavy atom. The van der Waals surface area contributed by atoms with Gasteiger partial charge in [-0.15, -0.1) is 0 Å². The molecule has 110 valence electrons. The molecule has 2 rings (SSSR count). The maximum absolute atomic E-state index is 13.8. The van der Waals surface area contributed by atoms with E-state index in [9.17, 15) is 9.18 Å². The van der Waals surface area contributed by atoms with E-state index in [-0.39, 0.29) is 11.6 Å². The van der Waals surface area contributed by atoms with Gasteiger partial charge in [0.15, 0.2) is 0 Å². The van der Waals surface area contributed by atoms with E-state index in [2.05, 4.69) is 15.6 Å². The second-order valence-electron chi connectivity index (χ2n) is 4.79. The van der Waals surface area contributed by atoms with Gasteiger partial charge in [-0.05, 0) is 37.1 Å². The first kappa shape index (κ1) is 15.0. The van der Waals surface area contributed by atoms with E-state index in [1.54, 1.807) is 31.3 Å². The van der Waals surface area contributed by atoms with Gasteiger partial charge in [0.2, 0.25) is 0 Å². The number of aromatic nitrogens is 1. The number of amides is 1. The van der Waals surface area contributed by atoms with Crippen molar-refractivity contribution in [3.8, 4) is 0 Å². The molecule has 0 aliphatic rings. The Hall–Kier alpha value is -2.43. The fourth-order valence-corrected chi connectivity index (χ4v) is 1.90. The molecule has 0 saturated carbocycles. The third-order valence-electron chi connectivity index (χ3n) is 3.00. The van der Waals surface area contributed by atoms with Crippen LogP contribution in [0.3, 0.4) is 0 Å². The first-order valence-corrected chi connectivity index (χ1v) is 6.87. The quantitative estimate of drug-likeness (QED) is 0.883. The lowest BCUT2D eigenvalue weighted by Gasteiger charge is -2.11. The van der Waals surface area contributed by atoms with Gasteiger partial charge >= 0.3 is 0 Å². The van der Waals surface area contributed by atoms with Crippen LogP contribution in [0, 0.1) is 12.7 Å². The normalized spacial score (nSPS) is 10.2. The van der Waals surface area contributed by atoms with Crippen molar-refractivity contribution in [1.29, 1.82) is 0 Å². The van der Waals surface area contributed by atoms with Crippen LogP contribution in [0.2, 0.25) is 0 Å². The summed E-state index contributed by atoms with van der Waals surface area (Å²) in [5.74, 6) is -0.806. The number of pyridine rings is 1. The van der Waals surface area contributed by atoms with Crippen molar-refractivity contribution in [2.24, 2.45) is 0 Å². The van der Waals surface area contributed by atoms with E-state index in [0.717, 1.165) is 18.5 Å². The average molecular weight is 287 g/mol. The Balaban J connectivity index is 2.20. The van der Waals surface area contributed by atoms with Crippen molar-refractivity contribution in [3.05, 3.63) is 53.6 Å². The van der Waals surface area contributed by atoms with Gasteiger partial charge in [-0.2, -0.15) is 0 Å². The van der Waals surface area contributed by atoms with E-state index in [1.165, 1.54) is 12.3 Å². The highest BCUT2D eigenvalue weighted by Crippen LogP contribution is 2.19. The summed E-state index contributed by atoms with van der Waals surface area (Å²) in [5.41, 5.74) is 2.06. The summed E-state index contributed by atoms with van der Waals surface area (Å²) in [4.78, 5) is 16.3. The van der Waals surface area contributed by atoms with Crippen molar-refractivity contribution >= 4 is 17.3 Å². The minimum atomic E-state index is -0.444. The SMILES string of the molecule is CCCNc1cnccc1C(=O)Nc1ccc(C)cc1F. The fraction of sp³-hybridized carbons (Fsp3) is 0.250. The number of anilines is 2. The molecule has 0 aliphatic carbocycles. The Bertz CT molecular complexity index is 643. The number of hydrogen-bond donors (Lipinski definition) is 2. The number of aryl methyl sites for hydroxylation is 1. The lowest BCUT2D eigenvalue weighted by Crippen LogP contribution is -2.16. The number of carbonyl (C=O) groups excluding carboxylic acids is 1. The molecule has 1 amide bonds. The minimum absolute atomic E-state index is 0.170. The molecule has 1 aromatic carbocycles. The van der Waals surface area contributed by atoms with Crippen LogP contribution in [-0.2, 0) is 0 Å². The first-order valence-electron chi connectivity index (χ1n) is 6.87. The van der Waals surface area contributed by atoms with Crippen molar-refractivity contribution in [2.75, 3.05) is 17.2 Å². The number of rotatable bonds is 5. The maximum Gasteiger partial charge on any atom is 0.257 e. The topological polar surface area (TPSA) is 54.0 Å². The number of benzene rings is 1. The molecule has 0 unspecified atom stereocenters. The van der Waals surface area contributed by atoms with Crippen LogP contribution in [0.5, 0.6) is 0 Å². The summed E-state index contributed by atoms with van der Waals surface area (Å²) in [5, 5.41) is 5.73. The molecule has 1 heterocycles. The number of nitrogens with one attached hydrogen (secondary N) is 2. The third kappa shape index (κ3) is 3.78. The standard InChI is InChI=1S/C16H18FN3O/c1-3-7-19-15-10-18-8-6-12(15)16(21)20-14-5-4-11(2)9-13(14)17/h4-6,8-10,19H,3,7H2,1-2H3,(H,20,21). The highest BCUT2D eigenvalue weighted by atomic mass is 19.1. The minimum Gasteiger partial charge on any atom is -0.383 e. The van der Waals surface area contributed by atoms with Gasteiger partial charge in [-0.3, -0.25) is 9.78 Å². The Morgan fingerprint density at radius 1 is 1.29 bits per heavy atom. The molecule has 1 aromatic heterocycles. The molecule has 2 N–H and O–H groups in total. The van der Waals surface area contributed by atoms with Gasteiger partial charge in [0, 0.05) is 12.7 Å². The van der Waals surface area contributed by atoms with Crippen LogP contribution in [0.25, 0.3) is 0 Å². The molecule has 0 radical (unpaired) electrons. The Kier molecular flexibility index (Phi) is 4.87. The summed E-state index contributed by atoms with van der Waals surface area (Å²) in [7, 11) is 0. The van der Waals surface area contributed by atoms with Gasteiger partial charge in [0.25, 0.3) is 5.91 Å². The molecule has 0 atom stereocenters. The van der Waals surface area contributed by atoms with Crippen molar-refractivity contribution in [3.63, 3.8) is 0 Å². The summed E-state index contributed by atoms with van der Waals surface area (Å²) in [6.07, 6.45) is 4.07. The van der Waals surface area contributed by atoms with E-state index >= 15 is 0 Å². The van der Waals surface area contributed by atoms with Crippen molar-refractivity contribution in [2.45, 2.75) is 20.3 Å². The first-order chi connectivity index (χ1) is 10.1. The van der Waals surface area contributed by atoms with Gasteiger partial charge in [0.05, 0.1) is 23.1 Å². The van der Waals surface area contributed by atoms with Crippen LogP contribution < -0.4 is 10.6 Å². The second kappa shape index (κ2) is 6.83. The molecule has 5 heteroatoms. The van der Waals surface area contributed by atoms with Crippen LogP contribution in [0.4, 0.5) is 15.8 Å². The smallest absolute Gasteiger partial charge is 0.257 e. The molecule has 0 fully saturated rings. The highest BCUT2D eigenvalue weighted by molar-refractivity contribution is 6.07. The number of carbonyl (C=O) groups is 1. The Morgan fingerprint density at radius 2 is 2.10 bits per heavy atom. The van der Waals surface area contributed by atoms with Crippen LogP contribution in [-0.4, -0.2) is 17.4 Å². The van der Waals surface area contributed by atoms with Crippen LogP contribution >= 0.6 is 0 Å². The molecule has 21 heavy (non-hydrogen) atoms. The molecule has 0 spiro atoms. The molecular formula is C16H18FN3O. The van der Waals surface area contributed by atoms with Gasteiger partial charge in [-0.1, -0.05) is 13.0 Å². The van der Waals surface area contributed by atoms with E-state index < -0.39 is 5.82 Å². The van der Waals surface area contributed by atoms with Gasteiger partial charge in [-0.25, -0.2) is 4.39 Å². The molecular weight excluding hydrogens is 269 g/mol. The zero-order chi connectivity index (χ0) is 15.2. The molecule has 4 nitrogen and oxygen atoms in total. The van der Waals surface area contributed by atoms with Crippen LogP contribution in [0.1, 0.15) is 29.3 Å². The predicted molar refractivity (Wildman–Crippen MR) is 82.1 cm³/mol. The lowest BCUT2D eigenvalue weighted by molar-refractivity contribution is 0.102. The van der Waals surface area contributed by atoms with Crippen LogP contribution in [0.15, 0.2) is 36.7 Å². The summed E-state index contributed by atoms with van der Waals surface area (Å²) in [6, 6.07) is 6.31. The monoisotopic (exact) mass is 287 g/mol. The average Bonchev–Trinajstić information content (AvgIpc) is 2.48. The summed E-state index contributed by atoms with van der Waals surface area (Å²) < 4.78 is 13.8. The van der Waals surface area contributed by atoms with Gasteiger partial charge in [0.1, 0.15) is 5.82 Å². The third-order valence-corrected chi connectivity index (χ3v) is 3.00. The molecule has 0 saturated heterocycles. The largest absolute Gasteiger partial charge is 0.383 e. The van der Waals surface area contributed by atoms with Gasteiger partial charge < -0.3 is 10.6 Å². The lowest BCUT2D eigenvalue weighted by atomic mass is 10.2. The second-order valence-corrected chi connectivity index (χ2v) is 4.79. The molecule has 0 aliphatic heterocycles. The van der Waals surface area contributed by atoms with Crippen molar-refractivity contribution < 1.29 is 9.18 Å². The van der Waals surface area contributed by atoms with Crippen molar-refractivity contribution in [1.82, 2.24) is 4.98 Å². The zero-order valence-electron chi connectivity index (χ0n) is 12.1. The molecule has 2 aromatic rings. The van der Waals surface area contributed by atoms with E-state index in [1.807, 2.05) is 6.92 Å². The number of halogens is 1. The number of nitrogens with zero attached hydrogens (tertiary/aromatic N) is 1. The Labute approximate surface area is 123 Å². The fourth-order valence-electron chi connectivity index (χ4n) is 1.90. The van der Waals surface area contributed by atoms with E-state index in [0.29, 0.717) is 11.3 Å². The van der Waals surface area contributed by atoms with E-state index in [4.69, 9.17) is 0 Å². The number of hydrogen-bond acceptors (Lipinski definition) is 3. The predicted octanol–water partition coefficient (Wildman–Crippen LogP) is 3.60.